The molecule has 2 atom stereocenters. The van der Waals surface area contributed by atoms with Gasteiger partial charge in [-0.05, 0) is 36.6 Å². The SMILES string of the molecule is Cc1cccc(C(O)C2(c3ccccc3)C=CC(O)=CC2)c1. The second-order valence-corrected chi connectivity index (χ2v) is 5.89. The van der Waals surface area contributed by atoms with Gasteiger partial charge >= 0.3 is 0 Å². The van der Waals surface area contributed by atoms with Gasteiger partial charge in [0.1, 0.15) is 5.76 Å². The molecule has 0 bridgehead atoms. The van der Waals surface area contributed by atoms with Crippen molar-refractivity contribution in [1.29, 1.82) is 0 Å². The molecule has 2 heteroatoms. The highest BCUT2D eigenvalue weighted by Crippen LogP contribution is 2.44. The van der Waals surface area contributed by atoms with E-state index in [1.807, 2.05) is 67.6 Å². The third kappa shape index (κ3) is 2.58. The third-order valence-electron chi connectivity index (χ3n) is 4.36. The number of hydrogen-bond donors (Lipinski definition) is 2. The Labute approximate surface area is 131 Å². The van der Waals surface area contributed by atoms with E-state index in [-0.39, 0.29) is 5.76 Å². The molecule has 0 aliphatic heterocycles. The maximum atomic E-state index is 11.1. The molecule has 0 radical (unpaired) electrons. The van der Waals surface area contributed by atoms with Gasteiger partial charge in [-0.25, -0.2) is 0 Å². The molecular formula is C20H20O2. The van der Waals surface area contributed by atoms with Crippen LogP contribution in [-0.4, -0.2) is 10.2 Å². The van der Waals surface area contributed by atoms with Gasteiger partial charge in [-0.2, -0.15) is 0 Å². The highest BCUT2D eigenvalue weighted by Gasteiger charge is 2.38. The van der Waals surface area contributed by atoms with Gasteiger partial charge in [0.25, 0.3) is 0 Å². The van der Waals surface area contributed by atoms with Crippen LogP contribution in [0.15, 0.2) is 78.6 Å². The zero-order chi connectivity index (χ0) is 15.6. The summed E-state index contributed by atoms with van der Waals surface area (Å²) in [4.78, 5) is 0. The van der Waals surface area contributed by atoms with Crippen molar-refractivity contribution in [2.75, 3.05) is 0 Å². The molecule has 112 valence electrons. The number of benzene rings is 2. The lowest BCUT2D eigenvalue weighted by Gasteiger charge is -2.37. The molecule has 0 saturated carbocycles. The molecule has 0 fully saturated rings. The molecule has 0 saturated heterocycles. The molecule has 2 unspecified atom stereocenters. The Kier molecular flexibility index (Phi) is 3.86. The molecule has 0 heterocycles. The Morgan fingerprint density at radius 1 is 1.05 bits per heavy atom. The first-order chi connectivity index (χ1) is 10.6. The Balaban J connectivity index is 2.09. The Morgan fingerprint density at radius 3 is 2.45 bits per heavy atom. The average Bonchev–Trinajstić information content (AvgIpc) is 2.56. The van der Waals surface area contributed by atoms with Crippen LogP contribution in [0, 0.1) is 6.92 Å². The number of aliphatic hydroxyl groups is 2. The molecule has 0 aromatic heterocycles. The van der Waals surface area contributed by atoms with Gasteiger partial charge in [0.15, 0.2) is 0 Å². The van der Waals surface area contributed by atoms with E-state index in [1.165, 1.54) is 0 Å². The van der Waals surface area contributed by atoms with Crippen LogP contribution in [0.3, 0.4) is 0 Å². The summed E-state index contributed by atoms with van der Waals surface area (Å²) in [5.41, 5.74) is 2.51. The maximum absolute atomic E-state index is 11.1. The highest BCUT2D eigenvalue weighted by atomic mass is 16.3. The van der Waals surface area contributed by atoms with Crippen molar-refractivity contribution in [3.63, 3.8) is 0 Å². The van der Waals surface area contributed by atoms with E-state index in [1.54, 1.807) is 12.2 Å². The van der Waals surface area contributed by atoms with Crippen LogP contribution in [0.1, 0.15) is 29.2 Å². The molecular weight excluding hydrogens is 272 g/mol. The largest absolute Gasteiger partial charge is 0.508 e. The van der Waals surface area contributed by atoms with E-state index in [2.05, 4.69) is 0 Å². The summed E-state index contributed by atoms with van der Waals surface area (Å²) in [6.07, 6.45) is 5.26. The Hall–Kier alpha value is -2.32. The minimum absolute atomic E-state index is 0.253. The number of aryl methyl sites for hydroxylation is 1. The topological polar surface area (TPSA) is 40.5 Å². The van der Waals surface area contributed by atoms with Crippen LogP contribution in [0.2, 0.25) is 0 Å². The predicted molar refractivity (Wildman–Crippen MR) is 88.7 cm³/mol. The van der Waals surface area contributed by atoms with Crippen molar-refractivity contribution in [2.45, 2.75) is 24.9 Å². The fourth-order valence-corrected chi connectivity index (χ4v) is 3.10. The van der Waals surface area contributed by atoms with Crippen molar-refractivity contribution < 1.29 is 10.2 Å². The normalized spacial score (nSPS) is 22.2. The van der Waals surface area contributed by atoms with Gasteiger partial charge in [-0.15, -0.1) is 0 Å². The lowest BCUT2D eigenvalue weighted by molar-refractivity contribution is 0.105. The fraction of sp³-hybridized carbons (Fsp3) is 0.200. The van der Waals surface area contributed by atoms with Crippen molar-refractivity contribution >= 4 is 0 Å². The number of allylic oxidation sites excluding steroid dienone is 2. The van der Waals surface area contributed by atoms with Crippen LogP contribution in [-0.2, 0) is 5.41 Å². The molecule has 1 aliphatic rings. The van der Waals surface area contributed by atoms with Crippen molar-refractivity contribution in [3.05, 3.63) is 95.3 Å². The van der Waals surface area contributed by atoms with E-state index in [0.29, 0.717) is 6.42 Å². The quantitative estimate of drug-likeness (QED) is 0.882. The van der Waals surface area contributed by atoms with Crippen LogP contribution in [0.4, 0.5) is 0 Å². The van der Waals surface area contributed by atoms with E-state index in [9.17, 15) is 10.2 Å². The second-order valence-electron chi connectivity index (χ2n) is 5.89. The summed E-state index contributed by atoms with van der Waals surface area (Å²) >= 11 is 0. The molecule has 2 nitrogen and oxygen atoms in total. The zero-order valence-electron chi connectivity index (χ0n) is 12.6. The standard InChI is InChI=1S/C20H20O2/c1-15-6-5-7-16(14-15)19(22)20(12-10-18(21)11-13-20)17-8-3-2-4-9-17/h2-12,14,19,21-22H,13H2,1H3. The summed E-state index contributed by atoms with van der Waals surface area (Å²) in [6, 6.07) is 17.9. The van der Waals surface area contributed by atoms with E-state index < -0.39 is 11.5 Å². The van der Waals surface area contributed by atoms with Gasteiger partial charge in [0, 0.05) is 5.41 Å². The third-order valence-corrected chi connectivity index (χ3v) is 4.36. The Morgan fingerprint density at radius 2 is 1.82 bits per heavy atom. The lowest BCUT2D eigenvalue weighted by Crippen LogP contribution is -2.32. The minimum atomic E-state index is -0.671. The lowest BCUT2D eigenvalue weighted by atomic mass is 9.69. The molecule has 2 N–H and O–H groups in total. The molecule has 22 heavy (non-hydrogen) atoms. The average molecular weight is 292 g/mol. The summed E-state index contributed by atoms with van der Waals surface area (Å²) in [5.74, 6) is 0.253. The van der Waals surface area contributed by atoms with Gasteiger partial charge in [0.05, 0.1) is 6.10 Å². The highest BCUT2D eigenvalue weighted by molar-refractivity contribution is 5.42. The van der Waals surface area contributed by atoms with Crippen molar-refractivity contribution in [1.82, 2.24) is 0 Å². The second kappa shape index (κ2) is 5.82. The van der Waals surface area contributed by atoms with Gasteiger partial charge < -0.3 is 10.2 Å². The first kappa shape index (κ1) is 14.6. The number of hydrogen-bond acceptors (Lipinski definition) is 2. The number of rotatable bonds is 3. The monoisotopic (exact) mass is 292 g/mol. The summed E-state index contributed by atoms with van der Waals surface area (Å²) in [7, 11) is 0. The fourth-order valence-electron chi connectivity index (χ4n) is 3.10. The first-order valence-electron chi connectivity index (χ1n) is 7.50. The van der Waals surface area contributed by atoms with Gasteiger partial charge in [-0.1, -0.05) is 66.2 Å². The van der Waals surface area contributed by atoms with Gasteiger partial charge in [-0.3, -0.25) is 0 Å². The van der Waals surface area contributed by atoms with Crippen LogP contribution >= 0.6 is 0 Å². The summed E-state index contributed by atoms with van der Waals surface area (Å²) < 4.78 is 0. The summed E-state index contributed by atoms with van der Waals surface area (Å²) in [6.45, 7) is 2.02. The van der Waals surface area contributed by atoms with E-state index in [4.69, 9.17) is 0 Å². The summed E-state index contributed by atoms with van der Waals surface area (Å²) in [5, 5.41) is 20.8. The first-order valence-corrected chi connectivity index (χ1v) is 7.50. The van der Waals surface area contributed by atoms with Crippen LogP contribution < -0.4 is 0 Å². The minimum Gasteiger partial charge on any atom is -0.508 e. The Bertz CT molecular complexity index is 715. The van der Waals surface area contributed by atoms with Gasteiger partial charge in [0.2, 0.25) is 0 Å². The van der Waals surface area contributed by atoms with Crippen molar-refractivity contribution in [3.8, 4) is 0 Å². The molecule has 0 amide bonds. The smallest absolute Gasteiger partial charge is 0.111 e. The van der Waals surface area contributed by atoms with E-state index in [0.717, 1.165) is 16.7 Å². The van der Waals surface area contributed by atoms with Crippen LogP contribution in [0.5, 0.6) is 0 Å². The molecule has 2 aromatic rings. The predicted octanol–water partition coefficient (Wildman–Crippen LogP) is 4.37. The van der Waals surface area contributed by atoms with E-state index >= 15 is 0 Å². The van der Waals surface area contributed by atoms with Crippen LogP contribution in [0.25, 0.3) is 0 Å². The molecule has 2 aromatic carbocycles. The zero-order valence-corrected chi connectivity index (χ0v) is 12.6. The van der Waals surface area contributed by atoms with Crippen molar-refractivity contribution in [2.24, 2.45) is 0 Å². The maximum Gasteiger partial charge on any atom is 0.111 e. The molecule has 0 spiro atoms. The molecule has 1 aliphatic carbocycles. The molecule has 3 rings (SSSR count). The number of aliphatic hydroxyl groups excluding tert-OH is 2.